The number of amidine groups is 1. The predicted octanol–water partition coefficient (Wildman–Crippen LogP) is 6.25. The maximum Gasteiger partial charge on any atom is 0.130 e. The number of para-hydroxylation sites is 1. The Labute approximate surface area is 207 Å². The first-order chi connectivity index (χ1) is 16.6. The van der Waals surface area contributed by atoms with Crippen molar-refractivity contribution in [1.29, 1.82) is 0 Å². The molecule has 2 aromatic rings. The summed E-state index contributed by atoms with van der Waals surface area (Å²) in [4.78, 5) is 11.6. The van der Waals surface area contributed by atoms with Crippen LogP contribution in [-0.4, -0.2) is 50.9 Å². The van der Waals surface area contributed by atoms with Crippen LogP contribution in [0.3, 0.4) is 0 Å². The van der Waals surface area contributed by atoms with Gasteiger partial charge in [-0.2, -0.15) is 0 Å². The average Bonchev–Trinajstić information content (AvgIpc) is 2.85. The van der Waals surface area contributed by atoms with Crippen LogP contribution in [0.4, 0.5) is 5.69 Å². The molecule has 5 heteroatoms. The number of hydrogen-bond donors (Lipinski definition) is 1. The summed E-state index contributed by atoms with van der Waals surface area (Å²) in [6, 6.07) is 18.7. The van der Waals surface area contributed by atoms with Crippen LogP contribution < -0.4 is 5.32 Å². The van der Waals surface area contributed by atoms with Gasteiger partial charge in [0.2, 0.25) is 0 Å². The highest BCUT2D eigenvalue weighted by Crippen LogP contribution is 2.31. The molecule has 0 amide bonds. The number of nitrogens with one attached hydrogen (secondary N) is 1. The number of aryl methyl sites for hydroxylation is 1. The van der Waals surface area contributed by atoms with Gasteiger partial charge in [0.05, 0.1) is 18.6 Å². The fourth-order valence-corrected chi connectivity index (χ4v) is 4.40. The highest BCUT2D eigenvalue weighted by molar-refractivity contribution is 5.91. The highest BCUT2D eigenvalue weighted by Gasteiger charge is 2.22. The van der Waals surface area contributed by atoms with Crippen molar-refractivity contribution < 1.29 is 6.16 Å². The fourth-order valence-electron chi connectivity index (χ4n) is 4.40. The molecule has 0 saturated heterocycles. The quantitative estimate of drug-likeness (QED) is 0.229. The van der Waals surface area contributed by atoms with E-state index in [1.54, 1.807) is 0 Å². The monoisotopic (exact) mass is 464 g/mol. The normalized spacial score (nSPS) is 19.0. The van der Waals surface area contributed by atoms with Crippen molar-refractivity contribution in [3.8, 4) is 0 Å². The molecule has 1 fully saturated rings. The third-order valence-electron chi connectivity index (χ3n) is 6.43. The lowest BCUT2D eigenvalue weighted by Gasteiger charge is -2.28. The summed E-state index contributed by atoms with van der Waals surface area (Å²) in [6.45, 7) is 5.78. The first kappa shape index (κ1) is 26.1. The zero-order valence-electron chi connectivity index (χ0n) is 21.2. The van der Waals surface area contributed by atoms with E-state index in [2.05, 4.69) is 54.7 Å². The van der Waals surface area contributed by atoms with Gasteiger partial charge in [-0.15, -0.1) is 0 Å². The van der Waals surface area contributed by atoms with Gasteiger partial charge in [0, 0.05) is 28.5 Å². The molecule has 1 aliphatic carbocycles. The Morgan fingerprint density at radius 1 is 1.03 bits per heavy atom. The van der Waals surface area contributed by atoms with Crippen LogP contribution in [-0.2, 0) is 11.3 Å². The maximum absolute atomic E-state index is 5.78. The lowest BCUT2D eigenvalue weighted by molar-refractivity contribution is 0.118. The lowest BCUT2D eigenvalue weighted by atomic mass is 9.80. The van der Waals surface area contributed by atoms with E-state index in [1.165, 1.54) is 36.8 Å². The molecule has 34 heavy (non-hydrogen) atoms. The van der Waals surface area contributed by atoms with E-state index in [-0.39, 0.29) is 1.43 Å². The van der Waals surface area contributed by atoms with Gasteiger partial charge in [-0.05, 0) is 81.1 Å². The smallest absolute Gasteiger partial charge is 0.130 e. The van der Waals surface area contributed by atoms with Gasteiger partial charge in [0.25, 0.3) is 0 Å². The Morgan fingerprint density at radius 3 is 2.47 bits per heavy atom. The minimum Gasteiger partial charge on any atom is -0.377 e. The largest absolute Gasteiger partial charge is 0.377 e. The Hall–Kier alpha value is -2.50. The molecule has 0 aliphatic heterocycles. The van der Waals surface area contributed by atoms with Crippen LogP contribution >= 0.6 is 0 Å². The van der Waals surface area contributed by atoms with E-state index >= 15 is 0 Å². The van der Waals surface area contributed by atoms with E-state index in [0.29, 0.717) is 12.5 Å². The molecule has 3 rings (SSSR count). The molecule has 0 atom stereocenters. The van der Waals surface area contributed by atoms with Gasteiger partial charge in [-0.25, -0.2) is 9.98 Å². The molecule has 0 unspecified atom stereocenters. The molecule has 0 heterocycles. The Morgan fingerprint density at radius 2 is 1.74 bits per heavy atom. The van der Waals surface area contributed by atoms with Gasteiger partial charge in [0.15, 0.2) is 0 Å². The number of nitrogens with zero attached hydrogens (tertiary/aromatic N) is 3. The van der Waals surface area contributed by atoms with Gasteiger partial charge < -0.3 is 15.0 Å². The molecular weight excluding hydrogens is 420 g/mol. The molecular formula is C29H44N4O. The van der Waals surface area contributed by atoms with Crippen molar-refractivity contribution in [2.24, 2.45) is 21.8 Å². The van der Waals surface area contributed by atoms with Crippen LogP contribution in [0, 0.1) is 18.8 Å². The van der Waals surface area contributed by atoms with Crippen LogP contribution in [0.15, 0.2) is 64.6 Å². The SMILES string of the molecule is Cc1ccccc1N=C(CC1CCC(CNCCCOCc2ccccc2)CC1)N=CN(C)C.[HH]. The Balaban J connectivity index is 0.00000432. The zero-order chi connectivity index (χ0) is 24.0. The van der Waals surface area contributed by atoms with Crippen molar-refractivity contribution in [2.45, 2.75) is 52.1 Å². The van der Waals surface area contributed by atoms with E-state index in [9.17, 15) is 0 Å². The van der Waals surface area contributed by atoms with Crippen molar-refractivity contribution in [3.05, 3.63) is 65.7 Å². The number of rotatable bonds is 12. The second-order valence-electron chi connectivity index (χ2n) is 9.71. The summed E-state index contributed by atoms with van der Waals surface area (Å²) < 4.78 is 5.78. The first-order valence-corrected chi connectivity index (χ1v) is 12.8. The molecule has 1 aliphatic rings. The number of ether oxygens (including phenoxy) is 1. The number of aliphatic imine (C=N–C) groups is 2. The predicted molar refractivity (Wildman–Crippen MR) is 146 cm³/mol. The molecule has 0 aromatic heterocycles. The number of hydrogen-bond acceptors (Lipinski definition) is 3. The second kappa shape index (κ2) is 14.7. The molecule has 1 N–H and O–H groups in total. The summed E-state index contributed by atoms with van der Waals surface area (Å²) in [7, 11) is 4.00. The maximum atomic E-state index is 5.78. The van der Waals surface area contributed by atoms with Crippen molar-refractivity contribution in [3.63, 3.8) is 0 Å². The third kappa shape index (κ3) is 9.78. The minimum atomic E-state index is 0. The molecule has 1 saturated carbocycles. The summed E-state index contributed by atoms with van der Waals surface area (Å²) >= 11 is 0. The minimum absolute atomic E-state index is 0. The summed E-state index contributed by atoms with van der Waals surface area (Å²) in [5.41, 5.74) is 3.46. The molecule has 2 aromatic carbocycles. The van der Waals surface area contributed by atoms with Crippen molar-refractivity contribution in [1.82, 2.24) is 10.2 Å². The first-order valence-electron chi connectivity index (χ1n) is 12.8. The van der Waals surface area contributed by atoms with Gasteiger partial charge in [-0.3, -0.25) is 0 Å². The molecule has 0 radical (unpaired) electrons. The van der Waals surface area contributed by atoms with E-state index < -0.39 is 0 Å². The lowest BCUT2D eigenvalue weighted by Crippen LogP contribution is -2.28. The van der Waals surface area contributed by atoms with Crippen molar-refractivity contribution in [2.75, 3.05) is 33.8 Å². The molecule has 5 nitrogen and oxygen atoms in total. The summed E-state index contributed by atoms with van der Waals surface area (Å²) in [6.07, 6.45) is 8.99. The third-order valence-corrected chi connectivity index (χ3v) is 6.43. The van der Waals surface area contributed by atoms with Gasteiger partial charge in [-0.1, -0.05) is 48.5 Å². The second-order valence-corrected chi connectivity index (χ2v) is 9.71. The summed E-state index contributed by atoms with van der Waals surface area (Å²) in [5.74, 6) is 2.40. The summed E-state index contributed by atoms with van der Waals surface area (Å²) in [5, 5.41) is 3.65. The highest BCUT2D eigenvalue weighted by atomic mass is 16.5. The van der Waals surface area contributed by atoms with Crippen LogP contribution in [0.2, 0.25) is 0 Å². The van der Waals surface area contributed by atoms with Crippen LogP contribution in [0.1, 0.15) is 51.1 Å². The average molecular weight is 465 g/mol. The van der Waals surface area contributed by atoms with Gasteiger partial charge in [0.1, 0.15) is 5.84 Å². The van der Waals surface area contributed by atoms with Crippen LogP contribution in [0.5, 0.6) is 0 Å². The Kier molecular flexibility index (Phi) is 11.3. The number of benzene rings is 2. The fraction of sp³-hybridized carbons (Fsp3) is 0.517. The molecule has 0 spiro atoms. The molecule has 186 valence electrons. The standard InChI is InChI=1S/C29H42N4O.H2/c1-24-10-7-8-13-28(24)32-29(31-23-33(2)3)20-25-14-16-26(17-15-25)21-30-18-9-19-34-22-27-11-5-4-6-12-27;/h4-8,10-13,23,25-26,30H,9,14-22H2,1-3H3;1H. The van der Waals surface area contributed by atoms with Gasteiger partial charge >= 0.3 is 0 Å². The van der Waals surface area contributed by atoms with Crippen molar-refractivity contribution >= 4 is 17.9 Å². The van der Waals surface area contributed by atoms with E-state index in [1.807, 2.05) is 37.5 Å². The zero-order valence-corrected chi connectivity index (χ0v) is 21.2. The molecule has 0 bridgehead atoms. The van der Waals surface area contributed by atoms with E-state index in [0.717, 1.165) is 50.0 Å². The van der Waals surface area contributed by atoms with E-state index in [4.69, 9.17) is 14.7 Å². The Bertz CT molecular complexity index is 893. The van der Waals surface area contributed by atoms with Crippen LogP contribution in [0.25, 0.3) is 0 Å². The topological polar surface area (TPSA) is 49.2 Å².